The zero-order chi connectivity index (χ0) is 11.7. The van der Waals surface area contributed by atoms with Gasteiger partial charge >= 0.3 is 7.12 Å². The number of nitrogens with one attached hydrogen (secondary N) is 1. The minimum atomic E-state index is -1.68. The number of hydrogen-bond acceptors (Lipinski definition) is 4. The number of hydrogen-bond donors (Lipinski definition) is 4. The standard InChI is InChI=1S/C9H9BFN3O2/c11-7-3-5(10(15)16)1-2-6(7)8-4-13-9(12)14-8/h1-4,15-16H,(H3,12,13,14). The lowest BCUT2D eigenvalue weighted by Gasteiger charge is -2.03. The van der Waals surface area contributed by atoms with E-state index in [0.29, 0.717) is 5.69 Å². The third-order valence-corrected chi connectivity index (χ3v) is 2.18. The molecule has 7 heteroatoms. The molecule has 0 saturated carbocycles. The van der Waals surface area contributed by atoms with Crippen molar-refractivity contribution in [1.82, 2.24) is 9.97 Å². The Morgan fingerprint density at radius 3 is 2.62 bits per heavy atom. The molecule has 0 unspecified atom stereocenters. The number of anilines is 1. The van der Waals surface area contributed by atoms with Crippen LogP contribution in [-0.2, 0) is 0 Å². The quantitative estimate of drug-likeness (QED) is 0.513. The summed E-state index contributed by atoms with van der Waals surface area (Å²) in [6, 6.07) is 3.90. The monoisotopic (exact) mass is 221 g/mol. The molecule has 0 aliphatic rings. The number of nitrogens with zero attached hydrogens (tertiary/aromatic N) is 1. The first kappa shape index (κ1) is 10.7. The van der Waals surface area contributed by atoms with Crippen LogP contribution in [0.4, 0.5) is 10.3 Å². The van der Waals surface area contributed by atoms with Crippen LogP contribution in [0.15, 0.2) is 24.4 Å². The molecule has 1 aromatic heterocycles. The van der Waals surface area contributed by atoms with Crippen LogP contribution in [0.25, 0.3) is 11.3 Å². The molecule has 5 N–H and O–H groups in total. The van der Waals surface area contributed by atoms with E-state index in [9.17, 15) is 4.39 Å². The largest absolute Gasteiger partial charge is 0.488 e. The van der Waals surface area contributed by atoms with Crippen molar-refractivity contribution in [1.29, 1.82) is 0 Å². The van der Waals surface area contributed by atoms with Crippen molar-refractivity contribution in [2.24, 2.45) is 0 Å². The van der Waals surface area contributed by atoms with Gasteiger partial charge in [-0.25, -0.2) is 9.37 Å². The molecule has 0 saturated heterocycles. The number of aromatic amines is 1. The lowest BCUT2D eigenvalue weighted by molar-refractivity contribution is 0.425. The van der Waals surface area contributed by atoms with Gasteiger partial charge in [0.05, 0.1) is 11.9 Å². The van der Waals surface area contributed by atoms with E-state index in [4.69, 9.17) is 15.8 Å². The number of aromatic nitrogens is 2. The van der Waals surface area contributed by atoms with Crippen molar-refractivity contribution in [2.45, 2.75) is 0 Å². The summed E-state index contributed by atoms with van der Waals surface area (Å²) in [5.41, 5.74) is 6.18. The number of H-pyrrole nitrogens is 1. The molecule has 0 fully saturated rings. The van der Waals surface area contributed by atoms with Crippen molar-refractivity contribution < 1.29 is 14.4 Å². The SMILES string of the molecule is Nc1ncc(-c2ccc(B(O)O)cc2F)[nH]1. The summed E-state index contributed by atoms with van der Waals surface area (Å²) >= 11 is 0. The van der Waals surface area contributed by atoms with Gasteiger partial charge in [0, 0.05) is 5.56 Å². The molecule has 0 bridgehead atoms. The maximum Gasteiger partial charge on any atom is 0.488 e. The second-order valence-electron chi connectivity index (χ2n) is 3.30. The van der Waals surface area contributed by atoms with E-state index in [1.165, 1.54) is 18.3 Å². The minimum absolute atomic E-state index is 0.0914. The van der Waals surface area contributed by atoms with Gasteiger partial charge < -0.3 is 20.8 Å². The van der Waals surface area contributed by atoms with E-state index in [1.54, 1.807) is 0 Å². The summed E-state index contributed by atoms with van der Waals surface area (Å²) in [4.78, 5) is 6.43. The van der Waals surface area contributed by atoms with E-state index in [-0.39, 0.29) is 17.0 Å². The fraction of sp³-hybridized carbons (Fsp3) is 0. The normalized spacial score (nSPS) is 10.4. The van der Waals surface area contributed by atoms with Gasteiger partial charge in [-0.3, -0.25) is 0 Å². The second kappa shape index (κ2) is 3.95. The van der Waals surface area contributed by atoms with Gasteiger partial charge in [0.1, 0.15) is 5.82 Å². The summed E-state index contributed by atoms with van der Waals surface area (Å²) in [6.07, 6.45) is 1.41. The molecule has 0 aliphatic carbocycles. The van der Waals surface area contributed by atoms with Crippen LogP contribution in [0.2, 0.25) is 0 Å². The second-order valence-corrected chi connectivity index (χ2v) is 3.30. The average Bonchev–Trinajstić information content (AvgIpc) is 2.64. The van der Waals surface area contributed by atoms with Crippen molar-refractivity contribution in [3.8, 4) is 11.3 Å². The fourth-order valence-corrected chi connectivity index (χ4v) is 1.38. The number of halogens is 1. The molecule has 1 heterocycles. The molecule has 82 valence electrons. The van der Waals surface area contributed by atoms with Crippen LogP contribution in [0.3, 0.4) is 0 Å². The molecule has 5 nitrogen and oxygen atoms in total. The van der Waals surface area contributed by atoms with Crippen LogP contribution in [0.5, 0.6) is 0 Å². The highest BCUT2D eigenvalue weighted by molar-refractivity contribution is 6.58. The fourth-order valence-electron chi connectivity index (χ4n) is 1.38. The first-order chi connectivity index (χ1) is 7.58. The predicted molar refractivity (Wildman–Crippen MR) is 58.2 cm³/mol. The third-order valence-electron chi connectivity index (χ3n) is 2.18. The molecule has 2 aromatic rings. The molecule has 0 spiro atoms. The molecule has 2 rings (SSSR count). The van der Waals surface area contributed by atoms with E-state index in [0.717, 1.165) is 6.07 Å². The van der Waals surface area contributed by atoms with E-state index < -0.39 is 12.9 Å². The Kier molecular flexibility index (Phi) is 2.63. The molecule has 0 radical (unpaired) electrons. The van der Waals surface area contributed by atoms with Crippen LogP contribution >= 0.6 is 0 Å². The predicted octanol–water partition coefficient (Wildman–Crippen LogP) is -0.522. The van der Waals surface area contributed by atoms with Crippen molar-refractivity contribution >= 4 is 18.5 Å². The first-order valence-electron chi connectivity index (χ1n) is 4.54. The highest BCUT2D eigenvalue weighted by atomic mass is 19.1. The van der Waals surface area contributed by atoms with Gasteiger partial charge in [0.2, 0.25) is 0 Å². The molecular formula is C9H9BFN3O2. The number of benzene rings is 1. The van der Waals surface area contributed by atoms with E-state index in [2.05, 4.69) is 9.97 Å². The Morgan fingerprint density at radius 2 is 2.12 bits per heavy atom. The van der Waals surface area contributed by atoms with Gasteiger partial charge in [-0.1, -0.05) is 12.1 Å². The van der Waals surface area contributed by atoms with Gasteiger partial charge in [-0.05, 0) is 11.5 Å². The molecule has 0 aliphatic heterocycles. The summed E-state index contributed by atoms with van der Waals surface area (Å²) in [5.74, 6) is -0.380. The zero-order valence-electron chi connectivity index (χ0n) is 8.18. The number of nitrogen functional groups attached to an aromatic ring is 1. The Morgan fingerprint density at radius 1 is 1.38 bits per heavy atom. The molecule has 1 aromatic carbocycles. The minimum Gasteiger partial charge on any atom is -0.423 e. The van der Waals surface area contributed by atoms with E-state index in [1.807, 2.05) is 0 Å². The van der Waals surface area contributed by atoms with E-state index >= 15 is 0 Å². The smallest absolute Gasteiger partial charge is 0.423 e. The van der Waals surface area contributed by atoms with Crippen LogP contribution in [0, 0.1) is 5.82 Å². The van der Waals surface area contributed by atoms with Gasteiger partial charge in [-0.2, -0.15) is 0 Å². The Bertz CT molecular complexity index is 515. The van der Waals surface area contributed by atoms with Gasteiger partial charge in [-0.15, -0.1) is 0 Å². The summed E-state index contributed by atoms with van der Waals surface area (Å²) in [7, 11) is -1.68. The van der Waals surface area contributed by atoms with Crippen LogP contribution in [0.1, 0.15) is 0 Å². The molecule has 0 atom stereocenters. The topological polar surface area (TPSA) is 95.2 Å². The van der Waals surface area contributed by atoms with Crippen LogP contribution in [-0.4, -0.2) is 27.1 Å². The number of rotatable bonds is 2. The Balaban J connectivity index is 2.44. The lowest BCUT2D eigenvalue weighted by atomic mass is 9.80. The van der Waals surface area contributed by atoms with Crippen LogP contribution < -0.4 is 11.2 Å². The highest BCUT2D eigenvalue weighted by Gasteiger charge is 2.14. The van der Waals surface area contributed by atoms with Crippen molar-refractivity contribution in [2.75, 3.05) is 5.73 Å². The summed E-state index contributed by atoms with van der Waals surface area (Å²) < 4.78 is 13.6. The molecule has 0 amide bonds. The zero-order valence-corrected chi connectivity index (χ0v) is 8.18. The highest BCUT2D eigenvalue weighted by Crippen LogP contribution is 2.20. The summed E-state index contributed by atoms with van der Waals surface area (Å²) in [6.45, 7) is 0. The first-order valence-corrected chi connectivity index (χ1v) is 4.54. The lowest BCUT2D eigenvalue weighted by Crippen LogP contribution is -2.30. The Hall–Kier alpha value is -1.86. The summed E-state index contributed by atoms with van der Waals surface area (Å²) in [5, 5.41) is 17.7. The van der Waals surface area contributed by atoms with Crippen molar-refractivity contribution in [3.63, 3.8) is 0 Å². The average molecular weight is 221 g/mol. The number of imidazole rings is 1. The Labute approximate surface area is 90.9 Å². The van der Waals surface area contributed by atoms with Gasteiger partial charge in [0.25, 0.3) is 0 Å². The maximum atomic E-state index is 13.6. The third kappa shape index (κ3) is 1.90. The number of nitrogens with two attached hydrogens (primary N) is 1. The van der Waals surface area contributed by atoms with Crippen molar-refractivity contribution in [3.05, 3.63) is 30.2 Å². The molecular weight excluding hydrogens is 212 g/mol. The van der Waals surface area contributed by atoms with Gasteiger partial charge in [0.15, 0.2) is 5.95 Å². The molecule has 16 heavy (non-hydrogen) atoms. The maximum absolute atomic E-state index is 13.6.